The van der Waals surface area contributed by atoms with Crippen molar-refractivity contribution < 1.29 is 9.32 Å². The standard InChI is InChI=1S/C11H12N4O2/c12-10-8(11(13)16)2-1-3-9(10)14-6-7-4-5-17-15-7/h1-5,14H,6,12H2,(H2,13,16). The van der Waals surface area contributed by atoms with Crippen LogP contribution in [0.2, 0.25) is 0 Å². The molecule has 0 aliphatic heterocycles. The summed E-state index contributed by atoms with van der Waals surface area (Å²) in [4.78, 5) is 11.1. The van der Waals surface area contributed by atoms with E-state index in [0.717, 1.165) is 5.69 Å². The van der Waals surface area contributed by atoms with Gasteiger partial charge in [0.15, 0.2) is 0 Å². The second kappa shape index (κ2) is 4.56. The van der Waals surface area contributed by atoms with Crippen molar-refractivity contribution in [1.82, 2.24) is 5.16 Å². The molecule has 0 bridgehead atoms. The molecule has 1 amide bonds. The number of primary amides is 1. The average Bonchev–Trinajstić information content (AvgIpc) is 2.80. The number of amides is 1. The Morgan fingerprint density at radius 1 is 1.41 bits per heavy atom. The van der Waals surface area contributed by atoms with Crippen LogP contribution in [0.25, 0.3) is 0 Å². The highest BCUT2D eigenvalue weighted by molar-refractivity contribution is 6.00. The van der Waals surface area contributed by atoms with Gasteiger partial charge < -0.3 is 21.3 Å². The number of hydrogen-bond acceptors (Lipinski definition) is 5. The molecule has 0 aliphatic rings. The van der Waals surface area contributed by atoms with Gasteiger partial charge in [0.2, 0.25) is 0 Å². The molecule has 0 atom stereocenters. The van der Waals surface area contributed by atoms with Gasteiger partial charge in [-0.15, -0.1) is 0 Å². The molecule has 0 radical (unpaired) electrons. The molecule has 5 N–H and O–H groups in total. The third kappa shape index (κ3) is 2.36. The summed E-state index contributed by atoms with van der Waals surface area (Å²) >= 11 is 0. The van der Waals surface area contributed by atoms with Crippen LogP contribution in [-0.4, -0.2) is 11.1 Å². The van der Waals surface area contributed by atoms with Gasteiger partial charge in [-0.25, -0.2) is 0 Å². The number of nitrogens with two attached hydrogens (primary N) is 2. The Bertz CT molecular complexity index is 522. The van der Waals surface area contributed by atoms with E-state index in [1.54, 1.807) is 24.3 Å². The van der Waals surface area contributed by atoms with Gasteiger partial charge in [0.1, 0.15) is 12.0 Å². The SMILES string of the molecule is NC(=O)c1cccc(NCc2ccon2)c1N. The maximum atomic E-state index is 11.1. The number of carbonyl (C=O) groups is 1. The molecule has 0 saturated carbocycles. The van der Waals surface area contributed by atoms with Crippen LogP contribution >= 0.6 is 0 Å². The largest absolute Gasteiger partial charge is 0.396 e. The number of hydrogen-bond donors (Lipinski definition) is 3. The summed E-state index contributed by atoms with van der Waals surface area (Å²) in [7, 11) is 0. The van der Waals surface area contributed by atoms with Gasteiger partial charge in [0.25, 0.3) is 5.91 Å². The van der Waals surface area contributed by atoms with Crippen molar-refractivity contribution in [2.24, 2.45) is 5.73 Å². The van der Waals surface area contributed by atoms with Crippen molar-refractivity contribution in [3.63, 3.8) is 0 Å². The van der Waals surface area contributed by atoms with Crippen LogP contribution in [0.3, 0.4) is 0 Å². The average molecular weight is 232 g/mol. The number of anilines is 2. The van der Waals surface area contributed by atoms with Crippen molar-refractivity contribution in [1.29, 1.82) is 0 Å². The minimum Gasteiger partial charge on any atom is -0.396 e. The van der Waals surface area contributed by atoms with E-state index in [4.69, 9.17) is 16.0 Å². The Morgan fingerprint density at radius 2 is 2.24 bits per heavy atom. The summed E-state index contributed by atoms with van der Waals surface area (Å²) in [6, 6.07) is 6.80. The second-order valence-corrected chi connectivity index (χ2v) is 3.48. The Labute approximate surface area is 97.6 Å². The first-order valence-corrected chi connectivity index (χ1v) is 5.00. The molecule has 2 aromatic rings. The number of rotatable bonds is 4. The van der Waals surface area contributed by atoms with Crippen molar-refractivity contribution in [2.45, 2.75) is 6.54 Å². The summed E-state index contributed by atoms with van der Waals surface area (Å²) < 4.78 is 4.70. The lowest BCUT2D eigenvalue weighted by molar-refractivity contribution is 0.100. The first kappa shape index (κ1) is 11.0. The van der Waals surface area contributed by atoms with Gasteiger partial charge in [-0.2, -0.15) is 0 Å². The molecule has 0 aliphatic carbocycles. The van der Waals surface area contributed by atoms with E-state index in [1.165, 1.54) is 6.26 Å². The maximum Gasteiger partial charge on any atom is 0.250 e. The van der Waals surface area contributed by atoms with Crippen LogP contribution in [0.15, 0.2) is 35.1 Å². The Balaban J connectivity index is 2.16. The van der Waals surface area contributed by atoms with Crippen LogP contribution in [0.4, 0.5) is 11.4 Å². The number of aromatic nitrogens is 1. The van der Waals surface area contributed by atoms with Crippen LogP contribution in [0.1, 0.15) is 16.1 Å². The summed E-state index contributed by atoms with van der Waals surface area (Å²) in [5, 5.41) is 6.80. The molecule has 6 nitrogen and oxygen atoms in total. The lowest BCUT2D eigenvalue weighted by atomic mass is 10.1. The van der Waals surface area contributed by atoms with Crippen LogP contribution < -0.4 is 16.8 Å². The van der Waals surface area contributed by atoms with E-state index >= 15 is 0 Å². The zero-order valence-corrected chi connectivity index (χ0v) is 9.01. The zero-order chi connectivity index (χ0) is 12.3. The third-order valence-corrected chi connectivity index (χ3v) is 2.32. The number of carbonyl (C=O) groups excluding carboxylic acids is 1. The molecule has 17 heavy (non-hydrogen) atoms. The molecule has 1 aromatic heterocycles. The molecule has 0 unspecified atom stereocenters. The van der Waals surface area contributed by atoms with Crippen LogP contribution in [0.5, 0.6) is 0 Å². The molecule has 0 fully saturated rings. The Hall–Kier alpha value is -2.50. The van der Waals surface area contributed by atoms with Gasteiger partial charge in [-0.3, -0.25) is 4.79 Å². The number of para-hydroxylation sites is 1. The second-order valence-electron chi connectivity index (χ2n) is 3.48. The van der Waals surface area contributed by atoms with Gasteiger partial charge in [-0.1, -0.05) is 11.2 Å². The molecular weight excluding hydrogens is 220 g/mol. The van der Waals surface area contributed by atoms with Gasteiger partial charge in [-0.05, 0) is 12.1 Å². The molecule has 0 spiro atoms. The molecule has 1 aromatic carbocycles. The fourth-order valence-corrected chi connectivity index (χ4v) is 1.45. The summed E-state index contributed by atoms with van der Waals surface area (Å²) in [5.41, 5.74) is 13.0. The number of nitrogens with one attached hydrogen (secondary N) is 1. The monoisotopic (exact) mass is 232 g/mol. The van der Waals surface area contributed by atoms with Crippen molar-refractivity contribution in [3.05, 3.63) is 41.8 Å². The minimum atomic E-state index is -0.549. The molecular formula is C11H12N4O2. The number of benzene rings is 1. The van der Waals surface area contributed by atoms with E-state index in [1.807, 2.05) is 0 Å². The first-order valence-electron chi connectivity index (χ1n) is 5.00. The lowest BCUT2D eigenvalue weighted by Gasteiger charge is -2.10. The molecule has 88 valence electrons. The Morgan fingerprint density at radius 3 is 2.88 bits per heavy atom. The topological polar surface area (TPSA) is 107 Å². The minimum absolute atomic E-state index is 0.301. The predicted molar refractivity (Wildman–Crippen MR) is 63.2 cm³/mol. The molecule has 1 heterocycles. The quantitative estimate of drug-likeness (QED) is 0.681. The highest BCUT2D eigenvalue weighted by atomic mass is 16.5. The maximum absolute atomic E-state index is 11.1. The lowest BCUT2D eigenvalue weighted by Crippen LogP contribution is -2.14. The van der Waals surface area contributed by atoms with Crippen molar-refractivity contribution in [3.8, 4) is 0 Å². The number of nitrogens with zero attached hydrogens (tertiary/aromatic N) is 1. The smallest absolute Gasteiger partial charge is 0.250 e. The zero-order valence-electron chi connectivity index (χ0n) is 9.01. The van der Waals surface area contributed by atoms with Gasteiger partial charge in [0, 0.05) is 6.07 Å². The molecule has 6 heteroatoms. The van der Waals surface area contributed by atoms with Crippen LogP contribution in [0, 0.1) is 0 Å². The Kier molecular flexibility index (Phi) is 2.95. The van der Waals surface area contributed by atoms with E-state index in [-0.39, 0.29) is 0 Å². The van der Waals surface area contributed by atoms with E-state index in [9.17, 15) is 4.79 Å². The summed E-state index contributed by atoms with van der Waals surface area (Å²) in [6.07, 6.45) is 1.49. The number of nitrogen functional groups attached to an aromatic ring is 1. The van der Waals surface area contributed by atoms with Crippen molar-refractivity contribution >= 4 is 17.3 Å². The molecule has 2 rings (SSSR count). The summed E-state index contributed by atoms with van der Waals surface area (Å²) in [6.45, 7) is 0.461. The highest BCUT2D eigenvalue weighted by Gasteiger charge is 2.09. The van der Waals surface area contributed by atoms with E-state index in [0.29, 0.717) is 23.5 Å². The fraction of sp³-hybridized carbons (Fsp3) is 0.0909. The fourth-order valence-electron chi connectivity index (χ4n) is 1.45. The highest BCUT2D eigenvalue weighted by Crippen LogP contribution is 2.22. The first-order chi connectivity index (χ1) is 8.18. The molecule has 0 saturated heterocycles. The van der Waals surface area contributed by atoms with Crippen LogP contribution in [-0.2, 0) is 6.54 Å². The predicted octanol–water partition coefficient (Wildman–Crippen LogP) is 0.968. The third-order valence-electron chi connectivity index (χ3n) is 2.32. The van der Waals surface area contributed by atoms with E-state index in [2.05, 4.69) is 10.5 Å². The van der Waals surface area contributed by atoms with Crippen molar-refractivity contribution in [2.75, 3.05) is 11.1 Å². The van der Waals surface area contributed by atoms with E-state index < -0.39 is 5.91 Å². The summed E-state index contributed by atoms with van der Waals surface area (Å²) in [5.74, 6) is -0.549. The van der Waals surface area contributed by atoms with Gasteiger partial charge >= 0.3 is 0 Å². The van der Waals surface area contributed by atoms with Gasteiger partial charge in [0.05, 0.1) is 23.5 Å². The normalized spacial score (nSPS) is 10.1.